The smallest absolute Gasteiger partial charge is 0.282 e. The van der Waals surface area contributed by atoms with Gasteiger partial charge in [-0.05, 0) is 13.8 Å². The van der Waals surface area contributed by atoms with Gasteiger partial charge in [0.25, 0.3) is 5.56 Å². The summed E-state index contributed by atoms with van der Waals surface area (Å²) in [6.07, 6.45) is 3.29. The summed E-state index contributed by atoms with van der Waals surface area (Å²) in [5.41, 5.74) is 2.76. The van der Waals surface area contributed by atoms with Crippen molar-refractivity contribution in [3.8, 4) is 0 Å². The zero-order valence-corrected chi connectivity index (χ0v) is 11.1. The molecule has 0 saturated carbocycles. The molecule has 20 heavy (non-hydrogen) atoms. The number of nitrogens with zero attached hydrogens (tertiary/aromatic N) is 5. The number of nitrogens with one attached hydrogen (secondary N) is 1. The molecule has 100 valence electrons. The van der Waals surface area contributed by atoms with Crippen molar-refractivity contribution in [3.63, 3.8) is 0 Å². The third-order valence-corrected chi connectivity index (χ3v) is 3.46. The van der Waals surface area contributed by atoms with Crippen LogP contribution in [-0.2, 0) is 6.54 Å². The van der Waals surface area contributed by atoms with E-state index in [9.17, 15) is 4.79 Å². The number of aromatic nitrogens is 6. The molecule has 0 saturated heterocycles. The minimum atomic E-state index is -0.142. The van der Waals surface area contributed by atoms with Gasteiger partial charge in [0.1, 0.15) is 0 Å². The molecule has 0 aliphatic carbocycles. The monoisotopic (exact) mass is 268 g/mol. The first kappa shape index (κ1) is 11.2. The lowest BCUT2D eigenvalue weighted by Gasteiger charge is -2.01. The van der Waals surface area contributed by atoms with Gasteiger partial charge in [-0.2, -0.15) is 5.10 Å². The van der Waals surface area contributed by atoms with Crippen LogP contribution >= 0.6 is 0 Å². The van der Waals surface area contributed by atoms with Crippen molar-refractivity contribution >= 4 is 27.6 Å². The highest BCUT2D eigenvalue weighted by molar-refractivity contribution is 6.01. The van der Waals surface area contributed by atoms with Crippen molar-refractivity contribution in [2.75, 3.05) is 0 Å². The van der Waals surface area contributed by atoms with E-state index in [4.69, 9.17) is 0 Å². The predicted octanol–water partition coefficient (Wildman–Crippen LogP) is 1.25. The number of aromatic amines is 1. The van der Waals surface area contributed by atoms with Crippen LogP contribution in [0.5, 0.6) is 0 Å². The molecule has 4 heterocycles. The van der Waals surface area contributed by atoms with Crippen LogP contribution in [-0.4, -0.2) is 29.4 Å². The van der Waals surface area contributed by atoms with Crippen molar-refractivity contribution in [1.82, 2.24) is 29.4 Å². The molecule has 0 fully saturated rings. The Bertz CT molecular complexity index is 1020. The van der Waals surface area contributed by atoms with E-state index in [0.717, 1.165) is 23.3 Å². The number of hydrogen-bond acceptors (Lipinski definition) is 4. The van der Waals surface area contributed by atoms with E-state index in [1.807, 2.05) is 19.9 Å². The standard InChI is InChI=1S/C13H12N6O/c1-3-18-12-8(6-15-18)11-9(5-14-12)13(20)19-10(16-11)4-7(2)17-19/h4-6,17H,3H2,1-2H3. The molecular formula is C13H12N6O. The van der Waals surface area contributed by atoms with E-state index in [1.165, 1.54) is 4.52 Å². The molecule has 4 aromatic heterocycles. The SMILES string of the molecule is CCn1ncc2c3nc4cc(C)[nH]n4c(=O)c3cnc21. The first-order valence-corrected chi connectivity index (χ1v) is 6.41. The molecule has 0 unspecified atom stereocenters. The average Bonchev–Trinajstić information content (AvgIpc) is 3.01. The van der Waals surface area contributed by atoms with Crippen molar-refractivity contribution in [2.45, 2.75) is 20.4 Å². The number of hydrogen-bond donors (Lipinski definition) is 1. The fraction of sp³-hybridized carbons (Fsp3) is 0.231. The molecule has 1 N–H and O–H groups in total. The molecule has 7 heteroatoms. The highest BCUT2D eigenvalue weighted by Gasteiger charge is 2.13. The summed E-state index contributed by atoms with van der Waals surface area (Å²) in [7, 11) is 0. The molecule has 0 amide bonds. The summed E-state index contributed by atoms with van der Waals surface area (Å²) in [5, 5.41) is 8.55. The lowest BCUT2D eigenvalue weighted by Crippen LogP contribution is -2.15. The first-order valence-electron chi connectivity index (χ1n) is 6.41. The largest absolute Gasteiger partial charge is 0.294 e. The summed E-state index contributed by atoms with van der Waals surface area (Å²) in [5.74, 6) is 0. The molecule has 4 rings (SSSR count). The summed E-state index contributed by atoms with van der Waals surface area (Å²) < 4.78 is 3.23. The molecule has 0 radical (unpaired) electrons. The number of fused-ring (bicyclic) bond motifs is 4. The lowest BCUT2D eigenvalue weighted by molar-refractivity contribution is 0.677. The number of pyridine rings is 1. The molecule has 0 aromatic carbocycles. The Kier molecular flexibility index (Phi) is 2.04. The van der Waals surface area contributed by atoms with Crippen molar-refractivity contribution in [2.24, 2.45) is 0 Å². The molecule has 0 aliphatic heterocycles. The zero-order chi connectivity index (χ0) is 13.9. The Balaban J connectivity index is 2.27. The molecule has 0 atom stereocenters. The van der Waals surface area contributed by atoms with Crippen molar-refractivity contribution in [1.29, 1.82) is 0 Å². The van der Waals surface area contributed by atoms with Gasteiger partial charge in [-0.25, -0.2) is 19.2 Å². The van der Waals surface area contributed by atoms with Gasteiger partial charge in [0, 0.05) is 24.5 Å². The first-order chi connectivity index (χ1) is 9.69. The normalized spacial score (nSPS) is 11.9. The van der Waals surface area contributed by atoms with Gasteiger partial charge in [0.15, 0.2) is 11.3 Å². The summed E-state index contributed by atoms with van der Waals surface area (Å²) in [6, 6.07) is 1.84. The molecule has 0 bridgehead atoms. The topological polar surface area (TPSA) is 80.9 Å². The quantitative estimate of drug-likeness (QED) is 0.563. The van der Waals surface area contributed by atoms with E-state index in [2.05, 4.69) is 20.2 Å². The van der Waals surface area contributed by atoms with Crippen LogP contribution in [0.15, 0.2) is 23.3 Å². The van der Waals surface area contributed by atoms with Gasteiger partial charge in [-0.3, -0.25) is 9.89 Å². The summed E-state index contributed by atoms with van der Waals surface area (Å²) >= 11 is 0. The Morgan fingerprint density at radius 3 is 2.95 bits per heavy atom. The molecule has 4 aromatic rings. The van der Waals surface area contributed by atoms with E-state index >= 15 is 0 Å². The maximum absolute atomic E-state index is 12.4. The van der Waals surface area contributed by atoms with E-state index in [-0.39, 0.29) is 5.56 Å². The molecular weight excluding hydrogens is 256 g/mol. The van der Waals surface area contributed by atoms with Gasteiger partial charge in [-0.1, -0.05) is 0 Å². The van der Waals surface area contributed by atoms with E-state index < -0.39 is 0 Å². The highest BCUT2D eigenvalue weighted by Crippen LogP contribution is 2.20. The molecule has 7 nitrogen and oxygen atoms in total. The number of rotatable bonds is 1. The molecule has 0 spiro atoms. The van der Waals surface area contributed by atoms with Crippen LogP contribution in [0, 0.1) is 6.92 Å². The maximum Gasteiger partial charge on any atom is 0.282 e. The van der Waals surface area contributed by atoms with E-state index in [0.29, 0.717) is 16.6 Å². The summed E-state index contributed by atoms with van der Waals surface area (Å²) in [6.45, 7) is 4.62. The lowest BCUT2D eigenvalue weighted by atomic mass is 10.2. The Hall–Kier alpha value is -2.70. The fourth-order valence-corrected chi connectivity index (χ4v) is 2.52. The second-order valence-electron chi connectivity index (χ2n) is 4.77. The number of aryl methyl sites for hydroxylation is 2. The predicted molar refractivity (Wildman–Crippen MR) is 74.8 cm³/mol. The molecule has 0 aliphatic rings. The van der Waals surface area contributed by atoms with Crippen LogP contribution in [0.3, 0.4) is 0 Å². The summed E-state index contributed by atoms with van der Waals surface area (Å²) in [4.78, 5) is 21.4. The van der Waals surface area contributed by atoms with Crippen molar-refractivity contribution < 1.29 is 0 Å². The number of H-pyrrole nitrogens is 1. The minimum absolute atomic E-state index is 0.142. The van der Waals surface area contributed by atoms with Gasteiger partial charge in [-0.15, -0.1) is 0 Å². The minimum Gasteiger partial charge on any atom is -0.294 e. The Morgan fingerprint density at radius 2 is 2.15 bits per heavy atom. The third kappa shape index (κ3) is 1.29. The van der Waals surface area contributed by atoms with Crippen LogP contribution in [0.4, 0.5) is 0 Å². The van der Waals surface area contributed by atoms with Gasteiger partial charge in [0.05, 0.1) is 22.5 Å². The van der Waals surface area contributed by atoms with Crippen LogP contribution in [0.25, 0.3) is 27.6 Å². The fourth-order valence-electron chi connectivity index (χ4n) is 2.52. The maximum atomic E-state index is 12.4. The average molecular weight is 268 g/mol. The highest BCUT2D eigenvalue weighted by atomic mass is 16.1. The second-order valence-corrected chi connectivity index (χ2v) is 4.77. The third-order valence-electron chi connectivity index (χ3n) is 3.46. The Labute approximate surface area is 112 Å². The van der Waals surface area contributed by atoms with Crippen LogP contribution in [0.2, 0.25) is 0 Å². The van der Waals surface area contributed by atoms with Crippen LogP contribution in [0.1, 0.15) is 12.6 Å². The van der Waals surface area contributed by atoms with Gasteiger partial charge in [0.2, 0.25) is 0 Å². The second kappa shape index (κ2) is 3.66. The zero-order valence-electron chi connectivity index (χ0n) is 11.1. The van der Waals surface area contributed by atoms with E-state index in [1.54, 1.807) is 17.1 Å². The van der Waals surface area contributed by atoms with Gasteiger partial charge < -0.3 is 0 Å². The van der Waals surface area contributed by atoms with Gasteiger partial charge >= 0.3 is 0 Å². The van der Waals surface area contributed by atoms with Crippen LogP contribution < -0.4 is 5.56 Å². The Morgan fingerprint density at radius 1 is 1.30 bits per heavy atom. The van der Waals surface area contributed by atoms with Crippen molar-refractivity contribution in [3.05, 3.63) is 34.5 Å².